The quantitative estimate of drug-likeness (QED) is 0.843. The monoisotopic (exact) mass is 221 g/mol. The van der Waals surface area contributed by atoms with Crippen LogP contribution in [0.15, 0.2) is 23.8 Å². The zero-order valence-electron chi connectivity index (χ0n) is 7.62. The van der Waals surface area contributed by atoms with Gasteiger partial charge in [-0.1, -0.05) is 0 Å². The van der Waals surface area contributed by atoms with Crippen molar-refractivity contribution >= 4 is 17.3 Å². The Morgan fingerprint density at radius 2 is 2.33 bits per heavy atom. The zero-order chi connectivity index (χ0) is 10.7. The Bertz CT molecular complexity index is 469. The first kappa shape index (κ1) is 9.72. The maximum absolute atomic E-state index is 10.5. The Hall–Kier alpha value is -1.82. The van der Waals surface area contributed by atoms with E-state index in [9.17, 15) is 4.79 Å². The van der Waals surface area contributed by atoms with Crippen molar-refractivity contribution in [1.29, 1.82) is 0 Å². The van der Waals surface area contributed by atoms with E-state index >= 15 is 0 Å². The van der Waals surface area contributed by atoms with Crippen LogP contribution in [0.4, 0.5) is 0 Å². The smallest absolute Gasteiger partial charge is 0.309 e. The molecule has 1 N–H and O–H groups in total. The summed E-state index contributed by atoms with van der Waals surface area (Å²) in [6.07, 6.45) is 3.13. The second kappa shape index (κ2) is 4.14. The minimum absolute atomic E-state index is 0.0466. The molecule has 2 rings (SSSR count). The SMILES string of the molecule is O=C(O)Cc1csc(-c2ccnnc2)n1. The summed E-state index contributed by atoms with van der Waals surface area (Å²) >= 11 is 1.40. The first-order chi connectivity index (χ1) is 7.25. The molecule has 0 atom stereocenters. The molecule has 0 unspecified atom stereocenters. The van der Waals surface area contributed by atoms with Crippen molar-refractivity contribution in [2.75, 3.05) is 0 Å². The predicted molar refractivity (Wildman–Crippen MR) is 54.5 cm³/mol. The number of carboxylic acid groups (broad SMARTS) is 1. The van der Waals surface area contributed by atoms with Gasteiger partial charge in [0, 0.05) is 10.9 Å². The molecule has 0 aliphatic heterocycles. The normalized spacial score (nSPS) is 10.1. The van der Waals surface area contributed by atoms with E-state index in [1.54, 1.807) is 23.8 Å². The molecule has 0 fully saturated rings. The van der Waals surface area contributed by atoms with Gasteiger partial charge in [0.2, 0.25) is 0 Å². The van der Waals surface area contributed by atoms with Gasteiger partial charge in [-0.15, -0.1) is 11.3 Å². The van der Waals surface area contributed by atoms with Crippen LogP contribution in [-0.2, 0) is 11.2 Å². The van der Waals surface area contributed by atoms with E-state index in [1.165, 1.54) is 11.3 Å². The Morgan fingerprint density at radius 3 is 3.00 bits per heavy atom. The first-order valence-electron chi connectivity index (χ1n) is 4.19. The number of nitrogens with zero attached hydrogens (tertiary/aromatic N) is 3. The third-order valence-electron chi connectivity index (χ3n) is 1.72. The highest BCUT2D eigenvalue weighted by Crippen LogP contribution is 2.22. The van der Waals surface area contributed by atoms with Crippen molar-refractivity contribution in [3.8, 4) is 10.6 Å². The van der Waals surface area contributed by atoms with Gasteiger partial charge < -0.3 is 5.11 Å². The van der Waals surface area contributed by atoms with Crippen molar-refractivity contribution in [2.45, 2.75) is 6.42 Å². The number of hydrogen-bond acceptors (Lipinski definition) is 5. The molecule has 5 nitrogen and oxygen atoms in total. The molecule has 0 spiro atoms. The topological polar surface area (TPSA) is 76.0 Å². The average Bonchev–Trinajstić information content (AvgIpc) is 2.67. The van der Waals surface area contributed by atoms with Crippen LogP contribution in [0.25, 0.3) is 10.6 Å². The molecule has 0 amide bonds. The molecule has 2 aromatic rings. The number of hydrogen-bond donors (Lipinski definition) is 1. The average molecular weight is 221 g/mol. The van der Waals surface area contributed by atoms with Crippen LogP contribution in [0, 0.1) is 0 Å². The van der Waals surface area contributed by atoms with Gasteiger partial charge in [0.05, 0.1) is 24.5 Å². The van der Waals surface area contributed by atoms with Crippen LogP contribution in [0.3, 0.4) is 0 Å². The summed E-state index contributed by atoms with van der Waals surface area (Å²) < 4.78 is 0. The first-order valence-corrected chi connectivity index (χ1v) is 5.07. The lowest BCUT2D eigenvalue weighted by Crippen LogP contribution is -1.99. The fraction of sp³-hybridized carbons (Fsp3) is 0.111. The molecule has 0 bridgehead atoms. The lowest BCUT2D eigenvalue weighted by Gasteiger charge is -1.92. The third kappa shape index (κ3) is 2.35. The van der Waals surface area contributed by atoms with E-state index in [0.29, 0.717) is 5.69 Å². The standard InChI is InChI=1S/C9H7N3O2S/c13-8(14)3-7-5-15-9(12-7)6-1-2-10-11-4-6/h1-2,4-5H,3H2,(H,13,14). The summed E-state index contributed by atoms with van der Waals surface area (Å²) in [6.45, 7) is 0. The molecule has 2 aromatic heterocycles. The van der Waals surface area contributed by atoms with Crippen molar-refractivity contribution in [3.05, 3.63) is 29.5 Å². The minimum Gasteiger partial charge on any atom is -0.481 e. The van der Waals surface area contributed by atoms with Crippen LogP contribution in [0.2, 0.25) is 0 Å². The van der Waals surface area contributed by atoms with Crippen molar-refractivity contribution in [2.24, 2.45) is 0 Å². The van der Waals surface area contributed by atoms with Crippen LogP contribution in [-0.4, -0.2) is 26.3 Å². The Labute approximate surface area is 89.4 Å². The van der Waals surface area contributed by atoms with Gasteiger partial charge in [0.1, 0.15) is 5.01 Å². The number of carbonyl (C=O) groups is 1. The lowest BCUT2D eigenvalue weighted by atomic mass is 10.3. The largest absolute Gasteiger partial charge is 0.481 e. The van der Waals surface area contributed by atoms with E-state index in [0.717, 1.165) is 10.6 Å². The van der Waals surface area contributed by atoms with Gasteiger partial charge in [0.25, 0.3) is 0 Å². The Morgan fingerprint density at radius 1 is 1.47 bits per heavy atom. The van der Waals surface area contributed by atoms with E-state index in [-0.39, 0.29) is 6.42 Å². The summed E-state index contributed by atoms with van der Waals surface area (Å²) in [6, 6.07) is 1.79. The molecule has 0 aliphatic rings. The number of rotatable bonds is 3. The molecule has 2 heterocycles. The summed E-state index contributed by atoms with van der Waals surface area (Å²) in [7, 11) is 0. The second-order valence-electron chi connectivity index (χ2n) is 2.85. The molecule has 0 aliphatic carbocycles. The zero-order valence-corrected chi connectivity index (χ0v) is 8.44. The van der Waals surface area contributed by atoms with Crippen LogP contribution in [0.5, 0.6) is 0 Å². The number of carboxylic acids is 1. The third-order valence-corrected chi connectivity index (χ3v) is 2.66. The van der Waals surface area contributed by atoms with Crippen molar-refractivity contribution in [1.82, 2.24) is 15.2 Å². The van der Waals surface area contributed by atoms with Crippen LogP contribution < -0.4 is 0 Å². The van der Waals surface area contributed by atoms with Gasteiger partial charge in [-0.3, -0.25) is 4.79 Å². The van der Waals surface area contributed by atoms with Gasteiger partial charge in [-0.25, -0.2) is 4.98 Å². The Kier molecular flexibility index (Phi) is 2.68. The minimum atomic E-state index is -0.875. The highest BCUT2D eigenvalue weighted by Gasteiger charge is 2.07. The van der Waals surface area contributed by atoms with Crippen molar-refractivity contribution < 1.29 is 9.90 Å². The molecule has 76 valence electrons. The molecule has 15 heavy (non-hydrogen) atoms. The van der Waals surface area contributed by atoms with E-state index in [1.807, 2.05) is 0 Å². The second-order valence-corrected chi connectivity index (χ2v) is 3.70. The maximum Gasteiger partial charge on any atom is 0.309 e. The molecular formula is C9H7N3O2S. The van der Waals surface area contributed by atoms with Gasteiger partial charge in [-0.2, -0.15) is 10.2 Å². The summed E-state index contributed by atoms with van der Waals surface area (Å²) in [4.78, 5) is 14.6. The fourth-order valence-electron chi connectivity index (χ4n) is 1.09. The molecule has 0 saturated heterocycles. The fourth-order valence-corrected chi connectivity index (χ4v) is 1.90. The summed E-state index contributed by atoms with van der Waals surface area (Å²) in [5, 5.41) is 18.5. The molecule has 0 saturated carbocycles. The number of aliphatic carboxylic acids is 1. The van der Waals surface area contributed by atoms with Crippen LogP contribution >= 0.6 is 11.3 Å². The molecule has 0 radical (unpaired) electrons. The number of aromatic nitrogens is 3. The van der Waals surface area contributed by atoms with E-state index in [4.69, 9.17) is 5.11 Å². The predicted octanol–water partition coefficient (Wildman–Crippen LogP) is 1.23. The number of thiazole rings is 1. The lowest BCUT2D eigenvalue weighted by molar-refractivity contribution is -0.136. The molecule has 0 aromatic carbocycles. The highest BCUT2D eigenvalue weighted by molar-refractivity contribution is 7.13. The van der Waals surface area contributed by atoms with Crippen LogP contribution in [0.1, 0.15) is 5.69 Å². The van der Waals surface area contributed by atoms with Gasteiger partial charge in [-0.05, 0) is 6.07 Å². The van der Waals surface area contributed by atoms with Crippen molar-refractivity contribution in [3.63, 3.8) is 0 Å². The molecular weight excluding hydrogens is 214 g/mol. The van der Waals surface area contributed by atoms with E-state index < -0.39 is 5.97 Å². The summed E-state index contributed by atoms with van der Waals surface area (Å²) in [5.41, 5.74) is 1.42. The molecule has 6 heteroatoms. The Balaban J connectivity index is 2.24. The van der Waals surface area contributed by atoms with Gasteiger partial charge >= 0.3 is 5.97 Å². The van der Waals surface area contributed by atoms with Gasteiger partial charge in [0.15, 0.2) is 0 Å². The highest BCUT2D eigenvalue weighted by atomic mass is 32.1. The van der Waals surface area contributed by atoms with E-state index in [2.05, 4.69) is 15.2 Å². The summed E-state index contributed by atoms with van der Waals surface area (Å²) in [5.74, 6) is -0.875. The maximum atomic E-state index is 10.5.